The van der Waals surface area contributed by atoms with Crippen molar-refractivity contribution in [1.29, 1.82) is 5.26 Å². The molecule has 10 heteroatoms. The number of alkyl halides is 2. The number of nitriles is 1. The maximum absolute atomic E-state index is 15.2. The van der Waals surface area contributed by atoms with Gasteiger partial charge in [-0.25, -0.2) is 22.0 Å². The Labute approximate surface area is 196 Å². The van der Waals surface area contributed by atoms with Gasteiger partial charge in [-0.15, -0.1) is 0 Å². The molecule has 0 aliphatic heterocycles. The summed E-state index contributed by atoms with van der Waals surface area (Å²) in [5.74, 6) is -10.4. The van der Waals surface area contributed by atoms with Gasteiger partial charge in [0.1, 0.15) is 52.0 Å². The molecule has 35 heavy (non-hydrogen) atoms. The van der Waals surface area contributed by atoms with Crippen LogP contribution in [-0.2, 0) is 12.5 Å². The number of halogens is 7. The summed E-state index contributed by atoms with van der Waals surface area (Å²) in [4.78, 5) is 0. The summed E-state index contributed by atoms with van der Waals surface area (Å²) in [5.41, 5.74) is -4.17. The van der Waals surface area contributed by atoms with Crippen LogP contribution in [0.4, 0.5) is 30.7 Å². The highest BCUT2D eigenvalue weighted by Gasteiger charge is 2.43. The number of phenolic OH excluding ortho intramolecular Hbond substituents is 1. The lowest BCUT2D eigenvalue weighted by atomic mass is 9.97. The summed E-state index contributed by atoms with van der Waals surface area (Å²) in [6, 6.07) is 5.37. The Morgan fingerprint density at radius 1 is 0.914 bits per heavy atom. The molecule has 0 saturated heterocycles. The van der Waals surface area contributed by atoms with Crippen molar-refractivity contribution >= 4 is 0 Å². The predicted octanol–water partition coefficient (Wildman–Crippen LogP) is 7.49. The molecule has 0 saturated carbocycles. The molecule has 0 atom stereocenters. The zero-order valence-electron chi connectivity index (χ0n) is 18.2. The topological polar surface area (TPSA) is 53.2 Å². The smallest absolute Gasteiger partial charge is 0.432 e. The maximum Gasteiger partial charge on any atom is 0.432 e. The lowest BCUT2D eigenvalue weighted by Crippen LogP contribution is -2.26. The first kappa shape index (κ1) is 25.9. The first-order valence-corrected chi connectivity index (χ1v) is 10.5. The van der Waals surface area contributed by atoms with Crippen LogP contribution in [0, 0.1) is 40.4 Å². The standard InChI is InChI=1S/C25H18F7NO2/c1-2-3-4-5-13-6-7-15(17(26)8-13)22-21(34)11-20(29)23(24(22)30)25(31,32)35-14-9-18(27)16(12-33)19(28)10-14/h6-11,34H,2-5H2,1H3. The maximum atomic E-state index is 15.2. The minimum Gasteiger partial charge on any atom is -0.507 e. The SMILES string of the molecule is CCCCCc1ccc(-c2c(O)cc(F)c(C(F)(F)Oc3cc(F)c(C#N)c(F)c3)c2F)c(F)c1. The van der Waals surface area contributed by atoms with Crippen molar-refractivity contribution in [3.63, 3.8) is 0 Å². The third kappa shape index (κ3) is 5.34. The first-order chi connectivity index (χ1) is 16.5. The van der Waals surface area contributed by atoms with E-state index in [0.29, 0.717) is 12.0 Å². The minimum absolute atomic E-state index is 0.152. The fourth-order valence-electron chi connectivity index (χ4n) is 3.54. The van der Waals surface area contributed by atoms with Crippen molar-refractivity contribution < 1.29 is 40.6 Å². The molecule has 0 aromatic heterocycles. The number of aromatic hydroxyl groups is 1. The van der Waals surface area contributed by atoms with Gasteiger partial charge in [0.05, 0.1) is 5.56 Å². The number of unbranched alkanes of at least 4 members (excludes halogenated alkanes) is 2. The lowest BCUT2D eigenvalue weighted by molar-refractivity contribution is -0.189. The van der Waals surface area contributed by atoms with Crippen molar-refractivity contribution in [3.8, 4) is 28.7 Å². The number of phenols is 1. The average Bonchev–Trinajstić information content (AvgIpc) is 2.74. The summed E-state index contributed by atoms with van der Waals surface area (Å²) in [6.45, 7) is 1.98. The van der Waals surface area contributed by atoms with Gasteiger partial charge in [0.15, 0.2) is 5.82 Å². The zero-order chi connectivity index (χ0) is 25.9. The molecule has 0 spiro atoms. The molecular formula is C25H18F7NO2. The van der Waals surface area contributed by atoms with Crippen LogP contribution in [0.1, 0.15) is 42.9 Å². The lowest BCUT2D eigenvalue weighted by Gasteiger charge is -2.21. The third-order valence-corrected chi connectivity index (χ3v) is 5.23. The van der Waals surface area contributed by atoms with E-state index in [1.54, 1.807) is 0 Å². The summed E-state index contributed by atoms with van der Waals surface area (Å²) in [6.07, 6.45) is -1.76. The van der Waals surface area contributed by atoms with Crippen LogP contribution in [0.25, 0.3) is 11.1 Å². The van der Waals surface area contributed by atoms with Gasteiger partial charge < -0.3 is 9.84 Å². The van der Waals surface area contributed by atoms with E-state index in [4.69, 9.17) is 5.26 Å². The van der Waals surface area contributed by atoms with E-state index in [1.807, 2.05) is 6.92 Å². The van der Waals surface area contributed by atoms with Gasteiger partial charge >= 0.3 is 6.11 Å². The molecule has 0 aliphatic carbocycles. The second-order valence-corrected chi connectivity index (χ2v) is 7.71. The molecule has 184 valence electrons. The van der Waals surface area contributed by atoms with Gasteiger partial charge in [-0.05, 0) is 24.5 Å². The van der Waals surface area contributed by atoms with Crippen LogP contribution in [0.5, 0.6) is 11.5 Å². The predicted molar refractivity (Wildman–Crippen MR) is 112 cm³/mol. The number of nitrogens with zero attached hydrogens (tertiary/aromatic N) is 1. The molecule has 0 amide bonds. The molecule has 0 aliphatic rings. The van der Waals surface area contributed by atoms with E-state index in [0.717, 1.165) is 31.4 Å². The molecule has 1 N–H and O–H groups in total. The molecule has 0 bridgehead atoms. The Morgan fingerprint density at radius 2 is 1.57 bits per heavy atom. The van der Waals surface area contributed by atoms with Crippen LogP contribution in [0.2, 0.25) is 0 Å². The van der Waals surface area contributed by atoms with Crippen molar-refractivity contribution in [1.82, 2.24) is 0 Å². The van der Waals surface area contributed by atoms with Crippen molar-refractivity contribution in [2.75, 3.05) is 0 Å². The Bertz CT molecular complexity index is 1280. The van der Waals surface area contributed by atoms with E-state index in [9.17, 15) is 31.4 Å². The molecule has 0 heterocycles. The Morgan fingerprint density at radius 3 is 2.14 bits per heavy atom. The number of aryl methyl sites for hydroxylation is 1. The van der Waals surface area contributed by atoms with Gasteiger partial charge in [-0.3, -0.25) is 0 Å². The summed E-state index contributed by atoms with van der Waals surface area (Å²) < 4.78 is 106. The second-order valence-electron chi connectivity index (χ2n) is 7.71. The van der Waals surface area contributed by atoms with E-state index in [1.165, 1.54) is 12.1 Å². The van der Waals surface area contributed by atoms with Crippen LogP contribution in [0.3, 0.4) is 0 Å². The van der Waals surface area contributed by atoms with Crippen LogP contribution < -0.4 is 4.74 Å². The Hall–Kier alpha value is -3.74. The Kier molecular flexibility index (Phi) is 7.58. The number of rotatable bonds is 8. The number of benzene rings is 3. The third-order valence-electron chi connectivity index (χ3n) is 5.23. The first-order valence-electron chi connectivity index (χ1n) is 10.5. The molecule has 3 rings (SSSR count). The fraction of sp³-hybridized carbons (Fsp3) is 0.240. The highest BCUT2D eigenvalue weighted by molar-refractivity contribution is 5.73. The van der Waals surface area contributed by atoms with E-state index >= 15 is 4.39 Å². The average molecular weight is 497 g/mol. The van der Waals surface area contributed by atoms with E-state index in [-0.39, 0.29) is 18.2 Å². The van der Waals surface area contributed by atoms with Gasteiger partial charge in [-0.1, -0.05) is 31.9 Å². The van der Waals surface area contributed by atoms with Crippen molar-refractivity contribution in [2.45, 2.75) is 38.7 Å². The van der Waals surface area contributed by atoms with Crippen LogP contribution in [0.15, 0.2) is 36.4 Å². The minimum atomic E-state index is -4.85. The van der Waals surface area contributed by atoms with E-state index in [2.05, 4.69) is 4.74 Å². The van der Waals surface area contributed by atoms with Gasteiger partial charge in [0.2, 0.25) is 0 Å². The van der Waals surface area contributed by atoms with Gasteiger partial charge in [0.25, 0.3) is 0 Å². The highest BCUT2D eigenvalue weighted by Crippen LogP contribution is 2.43. The zero-order valence-corrected chi connectivity index (χ0v) is 18.2. The molecule has 3 aromatic rings. The normalized spacial score (nSPS) is 11.4. The molecule has 0 unspecified atom stereocenters. The fourth-order valence-corrected chi connectivity index (χ4v) is 3.54. The molecule has 3 aromatic carbocycles. The molecule has 3 nitrogen and oxygen atoms in total. The monoisotopic (exact) mass is 497 g/mol. The highest BCUT2D eigenvalue weighted by atomic mass is 19.3. The Balaban J connectivity index is 2.05. The number of hydrogen-bond donors (Lipinski definition) is 1. The quantitative estimate of drug-likeness (QED) is 0.259. The molecule has 0 radical (unpaired) electrons. The number of ether oxygens (including phenoxy) is 1. The number of hydrogen-bond acceptors (Lipinski definition) is 3. The van der Waals surface area contributed by atoms with Crippen LogP contribution >= 0.6 is 0 Å². The van der Waals surface area contributed by atoms with Crippen molar-refractivity contribution in [3.05, 3.63) is 82.2 Å². The van der Waals surface area contributed by atoms with Gasteiger partial charge in [-0.2, -0.15) is 14.0 Å². The van der Waals surface area contributed by atoms with Gasteiger partial charge in [0, 0.05) is 23.8 Å². The van der Waals surface area contributed by atoms with Crippen molar-refractivity contribution in [2.24, 2.45) is 0 Å². The summed E-state index contributed by atoms with van der Waals surface area (Å²) in [7, 11) is 0. The van der Waals surface area contributed by atoms with E-state index < -0.39 is 68.9 Å². The van der Waals surface area contributed by atoms with Crippen LogP contribution in [-0.4, -0.2) is 5.11 Å². The summed E-state index contributed by atoms with van der Waals surface area (Å²) in [5, 5.41) is 18.7. The molecule has 0 fully saturated rings. The molecular weight excluding hydrogens is 479 g/mol. The largest absolute Gasteiger partial charge is 0.507 e. The summed E-state index contributed by atoms with van der Waals surface area (Å²) >= 11 is 0. The second kappa shape index (κ2) is 10.3.